The molecule has 0 atom stereocenters. The predicted molar refractivity (Wildman–Crippen MR) is 70.0 cm³/mol. The first-order chi connectivity index (χ1) is 9.08. The lowest BCUT2D eigenvalue weighted by Gasteiger charge is -2.11. The molecule has 104 valence electrons. The van der Waals surface area contributed by atoms with Crippen LogP contribution in [0.2, 0.25) is 0 Å². The monoisotopic (exact) mass is 267 g/mol. The van der Waals surface area contributed by atoms with Crippen molar-refractivity contribution in [2.75, 3.05) is 20.2 Å². The SMILES string of the molecule is CCNCc1cc([N+](=O)[O-])ccc1OCC(=O)NC. The number of carbonyl (C=O) groups excluding carboxylic acids is 1. The summed E-state index contributed by atoms with van der Waals surface area (Å²) in [6.07, 6.45) is 0. The Kier molecular flexibility index (Phi) is 5.74. The summed E-state index contributed by atoms with van der Waals surface area (Å²) in [7, 11) is 1.51. The zero-order chi connectivity index (χ0) is 14.3. The molecule has 0 bridgehead atoms. The first kappa shape index (κ1) is 14.9. The highest BCUT2D eigenvalue weighted by molar-refractivity contribution is 5.77. The van der Waals surface area contributed by atoms with Gasteiger partial charge in [-0.1, -0.05) is 6.92 Å². The number of carbonyl (C=O) groups is 1. The minimum Gasteiger partial charge on any atom is -0.483 e. The quantitative estimate of drug-likeness (QED) is 0.563. The molecular formula is C12H17N3O4. The van der Waals surface area contributed by atoms with Crippen molar-refractivity contribution in [3.05, 3.63) is 33.9 Å². The van der Waals surface area contributed by atoms with Crippen molar-refractivity contribution in [1.82, 2.24) is 10.6 Å². The Bertz CT molecular complexity index is 462. The van der Waals surface area contributed by atoms with Crippen molar-refractivity contribution >= 4 is 11.6 Å². The Morgan fingerprint density at radius 2 is 2.21 bits per heavy atom. The number of rotatable bonds is 7. The molecule has 0 aliphatic rings. The smallest absolute Gasteiger partial charge is 0.270 e. The maximum atomic E-state index is 11.1. The van der Waals surface area contributed by atoms with Gasteiger partial charge in [0.25, 0.3) is 11.6 Å². The van der Waals surface area contributed by atoms with E-state index in [1.165, 1.54) is 25.2 Å². The van der Waals surface area contributed by atoms with E-state index in [4.69, 9.17) is 4.74 Å². The van der Waals surface area contributed by atoms with Crippen molar-refractivity contribution in [2.45, 2.75) is 13.5 Å². The van der Waals surface area contributed by atoms with Crippen LogP contribution in [0.1, 0.15) is 12.5 Å². The molecule has 0 aromatic heterocycles. The summed E-state index contributed by atoms with van der Waals surface area (Å²) in [5, 5.41) is 16.2. The molecule has 0 saturated carbocycles. The number of hydrogen-bond donors (Lipinski definition) is 2. The van der Waals surface area contributed by atoms with Gasteiger partial charge in [-0.05, 0) is 12.6 Å². The molecule has 1 amide bonds. The van der Waals surface area contributed by atoms with Crippen LogP contribution in [-0.2, 0) is 11.3 Å². The third-order valence-corrected chi connectivity index (χ3v) is 2.46. The summed E-state index contributed by atoms with van der Waals surface area (Å²) in [6, 6.07) is 4.31. The van der Waals surface area contributed by atoms with E-state index < -0.39 is 4.92 Å². The van der Waals surface area contributed by atoms with Crippen molar-refractivity contribution in [2.24, 2.45) is 0 Å². The number of likely N-dealkylation sites (N-methyl/N-ethyl adjacent to an activating group) is 1. The maximum Gasteiger partial charge on any atom is 0.270 e. The number of non-ortho nitro benzene ring substituents is 1. The van der Waals surface area contributed by atoms with Gasteiger partial charge >= 0.3 is 0 Å². The number of ether oxygens (including phenoxy) is 1. The lowest BCUT2D eigenvalue weighted by atomic mass is 10.1. The molecule has 0 radical (unpaired) electrons. The van der Waals surface area contributed by atoms with Crippen molar-refractivity contribution in [1.29, 1.82) is 0 Å². The zero-order valence-corrected chi connectivity index (χ0v) is 10.9. The molecule has 1 aromatic carbocycles. The third-order valence-electron chi connectivity index (χ3n) is 2.46. The lowest BCUT2D eigenvalue weighted by Crippen LogP contribution is -2.25. The molecular weight excluding hydrogens is 250 g/mol. The van der Waals surface area contributed by atoms with E-state index in [2.05, 4.69) is 10.6 Å². The molecule has 2 N–H and O–H groups in total. The average molecular weight is 267 g/mol. The molecule has 0 unspecified atom stereocenters. The Labute approximate surface area is 111 Å². The van der Waals surface area contributed by atoms with E-state index in [9.17, 15) is 14.9 Å². The van der Waals surface area contributed by atoms with E-state index in [0.717, 1.165) is 6.54 Å². The zero-order valence-electron chi connectivity index (χ0n) is 10.9. The predicted octanol–water partition coefficient (Wildman–Crippen LogP) is 0.829. The van der Waals surface area contributed by atoms with Crippen LogP contribution in [0.4, 0.5) is 5.69 Å². The van der Waals surface area contributed by atoms with E-state index in [1.807, 2.05) is 6.92 Å². The highest BCUT2D eigenvalue weighted by atomic mass is 16.6. The van der Waals surface area contributed by atoms with Crippen LogP contribution < -0.4 is 15.4 Å². The normalized spacial score (nSPS) is 10.0. The molecule has 0 aliphatic heterocycles. The fraction of sp³-hybridized carbons (Fsp3) is 0.417. The standard InChI is InChI=1S/C12H17N3O4/c1-3-14-7-9-6-10(15(17)18)4-5-11(9)19-8-12(16)13-2/h4-6,14H,3,7-8H2,1-2H3,(H,13,16). The largest absolute Gasteiger partial charge is 0.483 e. The molecule has 0 saturated heterocycles. The molecule has 7 nitrogen and oxygen atoms in total. The summed E-state index contributed by atoms with van der Waals surface area (Å²) in [4.78, 5) is 21.4. The first-order valence-electron chi connectivity index (χ1n) is 5.90. The van der Waals surface area contributed by atoms with Gasteiger partial charge in [-0.2, -0.15) is 0 Å². The van der Waals surface area contributed by atoms with Gasteiger partial charge in [0.2, 0.25) is 0 Å². The minimum absolute atomic E-state index is 0.000182. The van der Waals surface area contributed by atoms with Gasteiger partial charge in [-0.3, -0.25) is 14.9 Å². The van der Waals surface area contributed by atoms with Crippen molar-refractivity contribution in [3.8, 4) is 5.75 Å². The molecule has 0 fully saturated rings. The number of nitro groups is 1. The summed E-state index contributed by atoms with van der Waals surface area (Å²) in [5.41, 5.74) is 0.653. The second-order valence-corrected chi connectivity index (χ2v) is 3.79. The molecule has 1 rings (SSSR count). The lowest BCUT2D eigenvalue weighted by molar-refractivity contribution is -0.384. The van der Waals surface area contributed by atoms with Gasteiger partial charge in [-0.25, -0.2) is 0 Å². The van der Waals surface area contributed by atoms with Gasteiger partial charge in [0.15, 0.2) is 6.61 Å². The number of nitrogens with zero attached hydrogens (tertiary/aromatic N) is 1. The van der Waals surface area contributed by atoms with E-state index in [1.54, 1.807) is 0 Å². The number of nitro benzene ring substituents is 1. The van der Waals surface area contributed by atoms with Gasteiger partial charge in [0.1, 0.15) is 5.75 Å². The maximum absolute atomic E-state index is 11.1. The number of amides is 1. The molecule has 0 aliphatic carbocycles. The molecule has 19 heavy (non-hydrogen) atoms. The van der Waals surface area contributed by atoms with Gasteiger partial charge in [0, 0.05) is 31.3 Å². The van der Waals surface area contributed by atoms with Crippen LogP contribution in [0.3, 0.4) is 0 Å². The van der Waals surface area contributed by atoms with Crippen LogP contribution in [0.15, 0.2) is 18.2 Å². The Hall–Kier alpha value is -2.15. The first-order valence-corrected chi connectivity index (χ1v) is 5.90. The molecule has 7 heteroatoms. The van der Waals surface area contributed by atoms with Gasteiger partial charge in [0.05, 0.1) is 4.92 Å². The van der Waals surface area contributed by atoms with E-state index in [0.29, 0.717) is 17.9 Å². The number of hydrogen-bond acceptors (Lipinski definition) is 5. The van der Waals surface area contributed by atoms with E-state index in [-0.39, 0.29) is 18.2 Å². The van der Waals surface area contributed by atoms with Gasteiger partial charge < -0.3 is 15.4 Å². The summed E-state index contributed by atoms with van der Waals surface area (Å²) in [6.45, 7) is 2.99. The Balaban J connectivity index is 2.88. The van der Waals surface area contributed by atoms with Crippen molar-refractivity contribution < 1.29 is 14.5 Å². The topological polar surface area (TPSA) is 93.5 Å². The molecule has 0 heterocycles. The second-order valence-electron chi connectivity index (χ2n) is 3.79. The average Bonchev–Trinajstić information content (AvgIpc) is 2.42. The minimum atomic E-state index is -0.460. The van der Waals surface area contributed by atoms with Crippen LogP contribution in [-0.4, -0.2) is 31.0 Å². The third kappa shape index (κ3) is 4.55. The fourth-order valence-electron chi connectivity index (χ4n) is 1.43. The fourth-order valence-corrected chi connectivity index (χ4v) is 1.43. The summed E-state index contributed by atoms with van der Waals surface area (Å²) < 4.78 is 5.35. The Morgan fingerprint density at radius 3 is 2.79 bits per heavy atom. The summed E-state index contributed by atoms with van der Waals surface area (Å²) in [5.74, 6) is 0.211. The highest BCUT2D eigenvalue weighted by Crippen LogP contribution is 2.24. The van der Waals surface area contributed by atoms with Crippen molar-refractivity contribution in [3.63, 3.8) is 0 Å². The number of benzene rings is 1. The summed E-state index contributed by atoms with van der Waals surface area (Å²) >= 11 is 0. The second kappa shape index (κ2) is 7.32. The van der Waals surface area contributed by atoms with Crippen LogP contribution >= 0.6 is 0 Å². The molecule has 0 spiro atoms. The highest BCUT2D eigenvalue weighted by Gasteiger charge is 2.12. The molecule has 1 aromatic rings. The van der Waals surface area contributed by atoms with E-state index >= 15 is 0 Å². The van der Waals surface area contributed by atoms with Crippen LogP contribution in [0.25, 0.3) is 0 Å². The van der Waals surface area contributed by atoms with Gasteiger partial charge in [-0.15, -0.1) is 0 Å². The van der Waals surface area contributed by atoms with Crippen LogP contribution in [0.5, 0.6) is 5.75 Å². The Morgan fingerprint density at radius 1 is 1.47 bits per heavy atom. The number of nitrogens with one attached hydrogen (secondary N) is 2. The van der Waals surface area contributed by atoms with Crippen LogP contribution in [0, 0.1) is 10.1 Å².